The molecule has 206 valence electrons. The molecule has 9 heteroatoms. The number of carbonyl (C=O) groups is 1. The van der Waals surface area contributed by atoms with E-state index in [0.717, 1.165) is 22.5 Å². The minimum absolute atomic E-state index is 0.0667. The van der Waals surface area contributed by atoms with E-state index in [1.807, 2.05) is 100 Å². The van der Waals surface area contributed by atoms with Crippen molar-refractivity contribution in [3.63, 3.8) is 0 Å². The van der Waals surface area contributed by atoms with Crippen LogP contribution in [0.1, 0.15) is 35.3 Å². The first-order valence-electron chi connectivity index (χ1n) is 12.9. The highest BCUT2D eigenvalue weighted by molar-refractivity contribution is 7.89. The fourth-order valence-electron chi connectivity index (χ4n) is 4.56. The number of ether oxygens (including phenoxy) is 1. The Morgan fingerprint density at radius 2 is 1.28 bits per heavy atom. The van der Waals surface area contributed by atoms with Crippen molar-refractivity contribution in [2.24, 2.45) is 4.99 Å². The van der Waals surface area contributed by atoms with Crippen molar-refractivity contribution in [2.75, 3.05) is 51.1 Å². The highest BCUT2D eigenvalue weighted by Gasteiger charge is 2.32. The zero-order valence-corrected chi connectivity index (χ0v) is 24.1. The van der Waals surface area contributed by atoms with Crippen LogP contribution < -0.4 is 9.80 Å². The Kier molecular flexibility index (Phi) is 8.54. The van der Waals surface area contributed by atoms with Gasteiger partial charge < -0.3 is 14.5 Å². The Morgan fingerprint density at radius 1 is 0.795 bits per heavy atom. The smallest absolute Gasteiger partial charge is 0.277 e. The van der Waals surface area contributed by atoms with Gasteiger partial charge in [-0.25, -0.2) is 13.4 Å². The molecule has 0 bridgehead atoms. The summed E-state index contributed by atoms with van der Waals surface area (Å²) in [5.74, 6) is -0.515. The van der Waals surface area contributed by atoms with E-state index in [-0.39, 0.29) is 35.8 Å². The van der Waals surface area contributed by atoms with E-state index >= 15 is 0 Å². The summed E-state index contributed by atoms with van der Waals surface area (Å²) in [6.07, 6.45) is -0.420. The number of nitrogens with zero attached hydrogens (tertiary/aromatic N) is 4. The van der Waals surface area contributed by atoms with Crippen LogP contribution in [0.25, 0.3) is 0 Å². The fourth-order valence-corrected chi connectivity index (χ4v) is 6.20. The molecule has 1 amide bonds. The summed E-state index contributed by atoms with van der Waals surface area (Å²) in [7, 11) is 4.06. The molecule has 1 saturated heterocycles. The van der Waals surface area contributed by atoms with Crippen molar-refractivity contribution in [2.45, 2.75) is 31.0 Å². The summed E-state index contributed by atoms with van der Waals surface area (Å²) < 4.78 is 33.9. The first kappa shape index (κ1) is 28.5. The number of morpholine rings is 1. The van der Waals surface area contributed by atoms with Crippen LogP contribution in [-0.2, 0) is 14.8 Å². The van der Waals surface area contributed by atoms with Crippen molar-refractivity contribution in [3.8, 4) is 0 Å². The lowest BCUT2D eigenvalue weighted by Gasteiger charge is -2.34. The third-order valence-electron chi connectivity index (χ3n) is 6.63. The molecule has 1 fully saturated rings. The number of aliphatic imine (C=N–C) groups is 1. The van der Waals surface area contributed by atoms with Crippen LogP contribution in [0.3, 0.4) is 0 Å². The first-order valence-corrected chi connectivity index (χ1v) is 14.3. The Hall–Kier alpha value is -3.53. The first-order chi connectivity index (χ1) is 18.5. The molecule has 39 heavy (non-hydrogen) atoms. The van der Waals surface area contributed by atoms with E-state index in [0.29, 0.717) is 5.71 Å². The average molecular weight is 549 g/mol. The minimum atomic E-state index is -3.80. The molecule has 0 aliphatic carbocycles. The third-order valence-corrected chi connectivity index (χ3v) is 8.46. The van der Waals surface area contributed by atoms with Gasteiger partial charge in [0.05, 0.1) is 22.8 Å². The molecule has 0 spiro atoms. The van der Waals surface area contributed by atoms with Gasteiger partial charge in [-0.1, -0.05) is 30.3 Å². The van der Waals surface area contributed by atoms with E-state index in [2.05, 4.69) is 4.99 Å². The van der Waals surface area contributed by atoms with Gasteiger partial charge in [-0.15, -0.1) is 0 Å². The number of hydrogen-bond acceptors (Lipinski definition) is 6. The molecule has 1 aliphatic heterocycles. The van der Waals surface area contributed by atoms with Gasteiger partial charge in [-0.05, 0) is 56.3 Å². The summed E-state index contributed by atoms with van der Waals surface area (Å²) in [5, 5.41) is 0. The third kappa shape index (κ3) is 6.55. The van der Waals surface area contributed by atoms with E-state index < -0.39 is 15.9 Å². The van der Waals surface area contributed by atoms with Gasteiger partial charge in [0.2, 0.25) is 10.0 Å². The van der Waals surface area contributed by atoms with E-state index in [9.17, 15) is 13.2 Å². The van der Waals surface area contributed by atoms with Gasteiger partial charge in [0.25, 0.3) is 5.91 Å². The maximum absolute atomic E-state index is 13.5. The maximum atomic E-state index is 13.5. The number of hydrogen-bond donors (Lipinski definition) is 0. The van der Waals surface area contributed by atoms with Crippen molar-refractivity contribution in [1.82, 2.24) is 4.31 Å². The summed E-state index contributed by atoms with van der Waals surface area (Å²) in [5.41, 5.74) is 4.34. The number of rotatable bonds is 7. The molecular formula is C30H36N4O4S. The van der Waals surface area contributed by atoms with Gasteiger partial charge in [-0.2, -0.15) is 4.31 Å². The van der Waals surface area contributed by atoms with Crippen LogP contribution in [0, 0.1) is 0 Å². The summed E-state index contributed by atoms with van der Waals surface area (Å²) in [4.78, 5) is 22.1. The van der Waals surface area contributed by atoms with Crippen LogP contribution in [-0.4, -0.2) is 77.8 Å². The Morgan fingerprint density at radius 3 is 1.74 bits per heavy atom. The number of carbonyl (C=O) groups excluding carboxylic acids is 1. The monoisotopic (exact) mass is 548 g/mol. The van der Waals surface area contributed by atoms with Crippen LogP contribution in [0.5, 0.6) is 0 Å². The summed E-state index contributed by atoms with van der Waals surface area (Å²) >= 11 is 0. The molecular weight excluding hydrogens is 512 g/mol. The second-order valence-electron chi connectivity index (χ2n) is 10.3. The highest BCUT2D eigenvalue weighted by Crippen LogP contribution is 2.23. The van der Waals surface area contributed by atoms with Gasteiger partial charge in [-0.3, -0.25) is 4.79 Å². The zero-order valence-electron chi connectivity index (χ0n) is 23.3. The molecule has 1 heterocycles. The van der Waals surface area contributed by atoms with E-state index in [1.165, 1.54) is 16.4 Å². The molecule has 3 aromatic rings. The van der Waals surface area contributed by atoms with Crippen molar-refractivity contribution in [3.05, 3.63) is 89.5 Å². The lowest BCUT2D eigenvalue weighted by atomic mass is 10.0. The highest BCUT2D eigenvalue weighted by atomic mass is 32.2. The van der Waals surface area contributed by atoms with Crippen molar-refractivity contribution in [1.29, 1.82) is 0 Å². The van der Waals surface area contributed by atoms with Crippen LogP contribution in [0.2, 0.25) is 0 Å². The van der Waals surface area contributed by atoms with Crippen LogP contribution in [0.15, 0.2) is 82.7 Å². The molecule has 2 atom stereocenters. The fraction of sp³-hybridized carbons (Fsp3) is 0.333. The number of anilines is 2. The zero-order chi connectivity index (χ0) is 28.3. The molecule has 8 nitrogen and oxygen atoms in total. The molecule has 3 aromatic carbocycles. The second-order valence-corrected chi connectivity index (χ2v) is 12.2. The number of amides is 1. The average Bonchev–Trinajstić information content (AvgIpc) is 2.91. The van der Waals surface area contributed by atoms with Crippen molar-refractivity contribution < 1.29 is 17.9 Å². The quantitative estimate of drug-likeness (QED) is 0.410. The molecule has 4 rings (SSSR count). The maximum Gasteiger partial charge on any atom is 0.277 e. The second kappa shape index (κ2) is 11.7. The Balaban J connectivity index is 1.72. The summed E-state index contributed by atoms with van der Waals surface area (Å²) in [6.45, 7) is 4.23. The van der Waals surface area contributed by atoms with Crippen LogP contribution in [0.4, 0.5) is 11.4 Å². The normalized spacial score (nSPS) is 17.9. The largest absolute Gasteiger partial charge is 0.378 e. The molecule has 0 unspecified atom stereocenters. The Bertz CT molecular complexity index is 1390. The topological polar surface area (TPSA) is 82.5 Å². The molecule has 0 radical (unpaired) electrons. The molecule has 0 aromatic heterocycles. The van der Waals surface area contributed by atoms with Crippen molar-refractivity contribution >= 4 is 33.0 Å². The lowest BCUT2D eigenvalue weighted by molar-refractivity contribution is -0.0440. The molecule has 0 saturated carbocycles. The van der Waals surface area contributed by atoms with Crippen LogP contribution >= 0.6 is 0 Å². The van der Waals surface area contributed by atoms with Gasteiger partial charge in [0.1, 0.15) is 0 Å². The predicted molar refractivity (Wildman–Crippen MR) is 157 cm³/mol. The van der Waals surface area contributed by atoms with E-state index in [1.54, 1.807) is 12.1 Å². The lowest BCUT2D eigenvalue weighted by Crippen LogP contribution is -2.48. The summed E-state index contributed by atoms with van der Waals surface area (Å²) in [6, 6.07) is 21.7. The molecule has 0 N–H and O–H groups in total. The molecule has 1 aliphatic rings. The Labute approximate surface area is 231 Å². The standard InChI is InChI=1S/C30H36N4O4S/c1-21-19-34(20-22(2)38-21)39(36,37)28-9-7-8-25(18-28)30(35)31-29(23-10-14-26(15-11-23)32(3)4)24-12-16-27(17-13-24)33(5)6/h7-18,21-22H,19-20H2,1-6H3/t21-,22-/m1/s1. The van der Waals surface area contributed by atoms with Gasteiger partial charge in [0, 0.05) is 69.3 Å². The predicted octanol–water partition coefficient (Wildman–Crippen LogP) is 4.29. The minimum Gasteiger partial charge on any atom is -0.378 e. The van der Waals surface area contributed by atoms with Gasteiger partial charge >= 0.3 is 0 Å². The van der Waals surface area contributed by atoms with Gasteiger partial charge in [0.15, 0.2) is 0 Å². The number of sulfonamides is 1. The SMILES string of the molecule is C[C@@H]1CN(S(=O)(=O)c2cccc(C(=O)N=C(c3ccc(N(C)C)cc3)c3ccc(N(C)C)cc3)c2)C[C@@H](C)O1. The van der Waals surface area contributed by atoms with E-state index in [4.69, 9.17) is 4.74 Å². The number of benzene rings is 3.